The van der Waals surface area contributed by atoms with Crippen molar-refractivity contribution >= 4 is 0 Å². The van der Waals surface area contributed by atoms with Crippen LogP contribution in [0, 0.1) is 6.92 Å². The van der Waals surface area contributed by atoms with Gasteiger partial charge in [0.05, 0.1) is 6.54 Å². The van der Waals surface area contributed by atoms with Crippen molar-refractivity contribution in [3.63, 3.8) is 0 Å². The highest BCUT2D eigenvalue weighted by molar-refractivity contribution is 5.27. The molecule has 0 radical (unpaired) electrons. The Labute approximate surface area is 113 Å². The maximum absolute atomic E-state index is 11.5. The molecule has 1 N–H and O–H groups in total. The molecule has 20 heavy (non-hydrogen) atoms. The summed E-state index contributed by atoms with van der Waals surface area (Å²) in [5.74, 6) is 0.737. The number of nitrogens with one attached hydrogen (secondary N) is 1. The highest BCUT2D eigenvalue weighted by Gasteiger charge is 2.26. The number of hydrogen-bond acceptors (Lipinski definition) is 5. The fraction of sp³-hybridized carbons (Fsp3) is 0.308. The Morgan fingerprint density at radius 2 is 2.35 bits per heavy atom. The van der Waals surface area contributed by atoms with E-state index in [4.69, 9.17) is 9.47 Å². The maximum atomic E-state index is 11.5. The first-order valence-electron chi connectivity index (χ1n) is 6.19. The summed E-state index contributed by atoms with van der Waals surface area (Å²) in [6.07, 6.45) is -0.342. The lowest BCUT2D eigenvalue weighted by Crippen LogP contribution is -2.30. The predicted octanol–water partition coefficient (Wildman–Crippen LogP) is 0.0800. The first-order chi connectivity index (χ1) is 9.61. The number of aromatic amines is 1. The molecule has 1 aliphatic heterocycles. The zero-order valence-corrected chi connectivity index (χ0v) is 10.8. The van der Waals surface area contributed by atoms with Gasteiger partial charge < -0.3 is 9.47 Å². The predicted molar refractivity (Wildman–Crippen MR) is 70.2 cm³/mol. The number of rotatable bonds is 3. The molecule has 0 saturated heterocycles. The molecule has 3 rings (SSSR count). The monoisotopic (exact) mass is 275 g/mol. The number of aryl methyl sites for hydroxylation is 1. The molecule has 104 valence electrons. The fourth-order valence-electron chi connectivity index (χ4n) is 2.04. The zero-order chi connectivity index (χ0) is 14.1. The molecule has 0 spiro atoms. The van der Waals surface area contributed by atoms with Crippen molar-refractivity contribution in [2.45, 2.75) is 19.6 Å². The van der Waals surface area contributed by atoms with E-state index in [-0.39, 0.29) is 18.7 Å². The number of fused-ring (bicyclic) bond motifs is 1. The van der Waals surface area contributed by atoms with Gasteiger partial charge in [-0.2, -0.15) is 0 Å². The lowest BCUT2D eigenvalue weighted by atomic mass is 10.2. The van der Waals surface area contributed by atoms with E-state index in [2.05, 4.69) is 9.97 Å². The third kappa shape index (κ3) is 2.42. The minimum Gasteiger partial charge on any atom is -0.490 e. The zero-order valence-electron chi connectivity index (χ0n) is 10.8. The number of nitrogens with zero attached hydrogens (tertiary/aromatic N) is 2. The topological polar surface area (TPSA) is 86.2 Å². The van der Waals surface area contributed by atoms with Crippen molar-refractivity contribution in [1.29, 1.82) is 0 Å². The number of benzene rings is 1. The van der Waals surface area contributed by atoms with Gasteiger partial charge >= 0.3 is 17.4 Å². The summed E-state index contributed by atoms with van der Waals surface area (Å²) in [7, 11) is 0. The number of hydrogen-bond donors (Lipinski definition) is 1. The summed E-state index contributed by atoms with van der Waals surface area (Å²) >= 11 is 0. The lowest BCUT2D eigenvalue weighted by Gasteiger charge is -2.11. The summed E-state index contributed by atoms with van der Waals surface area (Å²) in [6, 6.07) is 7.68. The van der Waals surface area contributed by atoms with E-state index < -0.39 is 11.4 Å². The third-order valence-corrected chi connectivity index (χ3v) is 2.97. The minimum absolute atomic E-state index is 0.0385. The molecule has 0 aliphatic carbocycles. The lowest BCUT2D eigenvalue weighted by molar-refractivity contribution is 0.143. The maximum Gasteiger partial charge on any atom is 0.353 e. The molecule has 0 bridgehead atoms. The van der Waals surface area contributed by atoms with Gasteiger partial charge in [-0.3, -0.25) is 4.98 Å². The molecule has 2 heterocycles. The van der Waals surface area contributed by atoms with E-state index in [1.54, 1.807) is 0 Å². The summed E-state index contributed by atoms with van der Waals surface area (Å²) < 4.78 is 12.3. The van der Waals surface area contributed by atoms with Crippen LogP contribution in [-0.4, -0.2) is 27.2 Å². The summed E-state index contributed by atoms with van der Waals surface area (Å²) in [4.78, 5) is 28.3. The van der Waals surface area contributed by atoms with E-state index >= 15 is 0 Å². The van der Waals surface area contributed by atoms with Crippen LogP contribution in [0.15, 0.2) is 33.9 Å². The molecule has 1 aromatic carbocycles. The molecule has 1 aromatic heterocycles. The van der Waals surface area contributed by atoms with Crippen LogP contribution in [0.5, 0.6) is 11.8 Å². The largest absolute Gasteiger partial charge is 0.490 e. The van der Waals surface area contributed by atoms with Crippen molar-refractivity contribution in [2.75, 3.05) is 6.61 Å². The van der Waals surface area contributed by atoms with E-state index in [9.17, 15) is 9.59 Å². The summed E-state index contributed by atoms with van der Waals surface area (Å²) in [5, 5.41) is 0. The summed E-state index contributed by atoms with van der Waals surface area (Å²) in [6.45, 7) is 2.56. The molecule has 0 fully saturated rings. The van der Waals surface area contributed by atoms with Crippen molar-refractivity contribution in [1.82, 2.24) is 14.5 Å². The Balaban J connectivity index is 1.69. The quantitative estimate of drug-likeness (QED) is 0.857. The molecule has 0 saturated carbocycles. The minimum atomic E-state index is -0.707. The Morgan fingerprint density at radius 3 is 3.15 bits per heavy atom. The Kier molecular flexibility index (Phi) is 3.02. The standard InChI is InChI=1S/C13H13N3O4/c1-8-3-2-4-9(5-8)19-7-10-6-16-12(18)14-11(17)15-13(16)20-10/h2-5,10H,6-7H2,1H3,(H,14,17,18). The van der Waals surface area contributed by atoms with Crippen molar-refractivity contribution < 1.29 is 9.47 Å². The van der Waals surface area contributed by atoms with Crippen molar-refractivity contribution in [3.05, 3.63) is 50.8 Å². The highest BCUT2D eigenvalue weighted by Crippen LogP contribution is 2.17. The van der Waals surface area contributed by atoms with Crippen LogP contribution >= 0.6 is 0 Å². The Bertz CT molecular complexity index is 750. The first kappa shape index (κ1) is 12.5. The molecule has 0 amide bonds. The van der Waals surface area contributed by atoms with Gasteiger partial charge in [-0.25, -0.2) is 14.2 Å². The third-order valence-electron chi connectivity index (χ3n) is 2.97. The van der Waals surface area contributed by atoms with Crippen molar-refractivity contribution in [2.24, 2.45) is 0 Å². The number of aromatic nitrogens is 3. The normalized spacial score (nSPS) is 16.6. The molecule has 1 aliphatic rings. The molecule has 7 nitrogen and oxygen atoms in total. The second kappa shape index (κ2) is 4.84. The molecular formula is C13H13N3O4. The van der Waals surface area contributed by atoms with Crippen LogP contribution in [0.25, 0.3) is 0 Å². The van der Waals surface area contributed by atoms with Gasteiger partial charge in [0.2, 0.25) is 0 Å². The summed E-state index contributed by atoms with van der Waals surface area (Å²) in [5.41, 5.74) is -0.124. The van der Waals surface area contributed by atoms with E-state index in [1.807, 2.05) is 31.2 Å². The number of ether oxygens (including phenoxy) is 2. The molecule has 1 atom stereocenters. The highest BCUT2D eigenvalue weighted by atomic mass is 16.6. The number of H-pyrrole nitrogens is 1. The SMILES string of the molecule is Cc1cccc(OCC2Cn3c(nc(=O)[nH]c3=O)O2)c1. The van der Waals surface area contributed by atoms with Gasteiger partial charge in [0.15, 0.2) is 6.10 Å². The van der Waals surface area contributed by atoms with Crippen LogP contribution in [0.4, 0.5) is 0 Å². The van der Waals surface area contributed by atoms with E-state index in [0.29, 0.717) is 6.54 Å². The van der Waals surface area contributed by atoms with Crippen LogP contribution in [0.3, 0.4) is 0 Å². The van der Waals surface area contributed by atoms with Crippen molar-refractivity contribution in [3.8, 4) is 11.8 Å². The second-order valence-electron chi connectivity index (χ2n) is 4.61. The van der Waals surface area contributed by atoms with Gasteiger partial charge in [-0.05, 0) is 24.6 Å². The van der Waals surface area contributed by atoms with Gasteiger partial charge in [-0.1, -0.05) is 12.1 Å². The Morgan fingerprint density at radius 1 is 1.50 bits per heavy atom. The van der Waals surface area contributed by atoms with Gasteiger partial charge in [0.1, 0.15) is 12.4 Å². The average Bonchev–Trinajstić information content (AvgIpc) is 2.80. The molecule has 1 unspecified atom stereocenters. The van der Waals surface area contributed by atoms with Gasteiger partial charge in [0.25, 0.3) is 0 Å². The molecule has 2 aromatic rings. The van der Waals surface area contributed by atoms with Crippen LogP contribution in [0.2, 0.25) is 0 Å². The Hall–Kier alpha value is -2.57. The second-order valence-corrected chi connectivity index (χ2v) is 4.61. The van der Waals surface area contributed by atoms with E-state index in [1.165, 1.54) is 4.57 Å². The van der Waals surface area contributed by atoms with Crippen LogP contribution in [-0.2, 0) is 6.54 Å². The van der Waals surface area contributed by atoms with Gasteiger partial charge in [-0.15, -0.1) is 4.98 Å². The van der Waals surface area contributed by atoms with E-state index in [0.717, 1.165) is 11.3 Å². The smallest absolute Gasteiger partial charge is 0.353 e. The first-order valence-corrected chi connectivity index (χ1v) is 6.19. The average molecular weight is 275 g/mol. The van der Waals surface area contributed by atoms with Crippen LogP contribution < -0.4 is 20.9 Å². The fourth-order valence-corrected chi connectivity index (χ4v) is 2.04. The van der Waals surface area contributed by atoms with Crippen LogP contribution in [0.1, 0.15) is 5.56 Å². The molecule has 7 heteroatoms. The molecular weight excluding hydrogens is 262 g/mol. The van der Waals surface area contributed by atoms with Gasteiger partial charge in [0, 0.05) is 0 Å².